The first-order valence-electron chi connectivity index (χ1n) is 8.79. The number of halogens is 1. The van der Waals surface area contributed by atoms with Gasteiger partial charge in [0.1, 0.15) is 5.82 Å². The van der Waals surface area contributed by atoms with Gasteiger partial charge in [-0.25, -0.2) is 4.39 Å². The Morgan fingerprint density at radius 2 is 1.86 bits per heavy atom. The molecule has 0 aliphatic rings. The second-order valence-corrected chi connectivity index (χ2v) is 6.26. The number of benzene rings is 2. The van der Waals surface area contributed by atoms with Crippen LogP contribution in [0, 0.1) is 17.1 Å². The summed E-state index contributed by atoms with van der Waals surface area (Å²) in [5, 5.41) is 11.6. The van der Waals surface area contributed by atoms with Crippen LogP contribution in [-0.4, -0.2) is 37.0 Å². The number of hydrogen-bond acceptors (Lipinski definition) is 5. The quantitative estimate of drug-likeness (QED) is 0.673. The van der Waals surface area contributed by atoms with Gasteiger partial charge >= 0.3 is 5.97 Å². The van der Waals surface area contributed by atoms with Crippen molar-refractivity contribution in [2.24, 2.45) is 0 Å². The molecule has 0 heterocycles. The number of hydrogen-bond donors (Lipinski definition) is 1. The van der Waals surface area contributed by atoms with Gasteiger partial charge in [0.2, 0.25) is 5.91 Å². The molecule has 6 nitrogen and oxygen atoms in total. The molecule has 2 aromatic rings. The largest absolute Gasteiger partial charge is 0.469 e. The zero-order chi connectivity index (χ0) is 20.4. The van der Waals surface area contributed by atoms with Crippen LogP contribution in [0.4, 0.5) is 4.39 Å². The molecule has 1 amide bonds. The van der Waals surface area contributed by atoms with Crippen LogP contribution in [0.25, 0.3) is 0 Å². The van der Waals surface area contributed by atoms with E-state index in [1.165, 1.54) is 19.2 Å². The summed E-state index contributed by atoms with van der Waals surface area (Å²) >= 11 is 0. The van der Waals surface area contributed by atoms with E-state index >= 15 is 0 Å². The minimum atomic E-state index is -0.394. The monoisotopic (exact) mass is 383 g/mol. The SMILES string of the molecule is COC(=O)CCNC(=O)CN(Cc1ccc(C#N)cc1)Cc1cccc(F)c1. The van der Waals surface area contributed by atoms with E-state index in [0.717, 1.165) is 11.1 Å². The fourth-order valence-corrected chi connectivity index (χ4v) is 2.67. The van der Waals surface area contributed by atoms with Gasteiger partial charge < -0.3 is 10.1 Å². The number of carbonyl (C=O) groups is 2. The van der Waals surface area contributed by atoms with E-state index < -0.39 is 5.97 Å². The molecule has 0 fully saturated rings. The molecule has 0 saturated carbocycles. The number of ether oxygens (including phenoxy) is 1. The van der Waals surface area contributed by atoms with Crippen molar-refractivity contribution in [2.45, 2.75) is 19.5 Å². The summed E-state index contributed by atoms with van der Waals surface area (Å²) in [7, 11) is 1.29. The molecule has 0 aliphatic heterocycles. The molecule has 0 atom stereocenters. The minimum Gasteiger partial charge on any atom is -0.469 e. The van der Waals surface area contributed by atoms with E-state index in [2.05, 4.69) is 16.1 Å². The predicted molar refractivity (Wildman–Crippen MR) is 101 cm³/mol. The number of methoxy groups -OCH3 is 1. The molecule has 0 bridgehead atoms. The maximum atomic E-state index is 13.5. The smallest absolute Gasteiger partial charge is 0.307 e. The lowest BCUT2D eigenvalue weighted by atomic mass is 10.1. The van der Waals surface area contributed by atoms with Crippen molar-refractivity contribution in [3.8, 4) is 6.07 Å². The summed E-state index contributed by atoms with van der Waals surface area (Å²) in [4.78, 5) is 25.3. The van der Waals surface area contributed by atoms with Crippen LogP contribution >= 0.6 is 0 Å². The molecule has 28 heavy (non-hydrogen) atoms. The van der Waals surface area contributed by atoms with Gasteiger partial charge in [-0.3, -0.25) is 14.5 Å². The molecule has 0 spiro atoms. The average molecular weight is 383 g/mol. The van der Waals surface area contributed by atoms with Crippen molar-refractivity contribution < 1.29 is 18.7 Å². The third-order valence-corrected chi connectivity index (χ3v) is 4.03. The van der Waals surface area contributed by atoms with Crippen LogP contribution in [0.5, 0.6) is 0 Å². The molecule has 1 N–H and O–H groups in total. The molecule has 0 aromatic heterocycles. The summed E-state index contributed by atoms with van der Waals surface area (Å²) in [6.45, 7) is 1.10. The molecule has 0 aliphatic carbocycles. The van der Waals surface area contributed by atoms with Crippen molar-refractivity contribution in [1.29, 1.82) is 5.26 Å². The molecular weight excluding hydrogens is 361 g/mol. The molecule has 0 unspecified atom stereocenters. The zero-order valence-electron chi connectivity index (χ0n) is 15.7. The van der Waals surface area contributed by atoms with Crippen LogP contribution in [0.15, 0.2) is 48.5 Å². The Bertz CT molecular complexity index is 847. The third kappa shape index (κ3) is 7.17. The fraction of sp³-hybridized carbons (Fsp3) is 0.286. The average Bonchev–Trinajstić information content (AvgIpc) is 2.68. The summed E-state index contributed by atoms with van der Waals surface area (Å²) in [5.41, 5.74) is 2.23. The van der Waals surface area contributed by atoms with E-state index in [9.17, 15) is 14.0 Å². The molecule has 0 saturated heterocycles. The number of nitriles is 1. The number of rotatable bonds is 9. The van der Waals surface area contributed by atoms with Crippen LogP contribution < -0.4 is 5.32 Å². The van der Waals surface area contributed by atoms with Crippen LogP contribution in [-0.2, 0) is 27.4 Å². The third-order valence-electron chi connectivity index (χ3n) is 4.03. The zero-order valence-corrected chi connectivity index (χ0v) is 15.7. The number of nitrogens with zero attached hydrogens (tertiary/aromatic N) is 2. The Morgan fingerprint density at radius 1 is 1.14 bits per heavy atom. The van der Waals surface area contributed by atoms with Gasteiger partial charge in [-0.05, 0) is 35.4 Å². The van der Waals surface area contributed by atoms with E-state index in [-0.39, 0.29) is 31.2 Å². The van der Waals surface area contributed by atoms with Crippen molar-refractivity contribution in [3.05, 3.63) is 71.0 Å². The predicted octanol–water partition coefficient (Wildman–Crippen LogP) is 2.38. The first-order chi connectivity index (χ1) is 13.5. The molecular formula is C21H22FN3O3. The van der Waals surface area contributed by atoms with Gasteiger partial charge in [-0.1, -0.05) is 24.3 Å². The number of nitrogens with one attached hydrogen (secondary N) is 1. The maximum absolute atomic E-state index is 13.5. The van der Waals surface area contributed by atoms with E-state index in [0.29, 0.717) is 18.7 Å². The maximum Gasteiger partial charge on any atom is 0.307 e. The van der Waals surface area contributed by atoms with Gasteiger partial charge in [0.25, 0.3) is 0 Å². The number of carbonyl (C=O) groups excluding carboxylic acids is 2. The highest BCUT2D eigenvalue weighted by atomic mass is 19.1. The Hall–Kier alpha value is -3.24. The standard InChI is InChI=1S/C21H22FN3O3/c1-28-21(27)9-10-24-20(26)15-25(14-18-3-2-4-19(22)11-18)13-17-7-5-16(12-23)6-8-17/h2-8,11H,9-10,13-15H2,1H3,(H,24,26). The summed E-state index contributed by atoms with van der Waals surface area (Å²) in [6, 6.07) is 15.4. The van der Waals surface area contributed by atoms with E-state index in [1.54, 1.807) is 24.3 Å². The summed E-state index contributed by atoms with van der Waals surface area (Å²) in [6.07, 6.45) is 0.0990. The van der Waals surface area contributed by atoms with Gasteiger partial charge in [-0.15, -0.1) is 0 Å². The molecule has 2 aromatic carbocycles. The van der Waals surface area contributed by atoms with Crippen LogP contribution in [0.3, 0.4) is 0 Å². The molecule has 146 valence electrons. The van der Waals surface area contributed by atoms with Gasteiger partial charge in [-0.2, -0.15) is 5.26 Å². The van der Waals surface area contributed by atoms with Crippen LogP contribution in [0.2, 0.25) is 0 Å². The van der Waals surface area contributed by atoms with Crippen molar-refractivity contribution in [1.82, 2.24) is 10.2 Å². The van der Waals surface area contributed by atoms with Crippen molar-refractivity contribution >= 4 is 11.9 Å². The highest BCUT2D eigenvalue weighted by Gasteiger charge is 2.13. The normalized spacial score (nSPS) is 10.4. The minimum absolute atomic E-state index is 0.0810. The molecule has 2 rings (SSSR count). The second kappa shape index (κ2) is 10.8. The summed E-state index contributed by atoms with van der Waals surface area (Å²) < 4.78 is 18.0. The topological polar surface area (TPSA) is 82.4 Å². The summed E-state index contributed by atoms with van der Waals surface area (Å²) in [5.74, 6) is -0.971. The molecule has 0 radical (unpaired) electrons. The Kier molecular flexibility index (Phi) is 8.12. The van der Waals surface area contributed by atoms with Crippen molar-refractivity contribution in [3.63, 3.8) is 0 Å². The lowest BCUT2D eigenvalue weighted by molar-refractivity contribution is -0.140. The number of amides is 1. The second-order valence-electron chi connectivity index (χ2n) is 6.26. The highest BCUT2D eigenvalue weighted by Crippen LogP contribution is 2.12. The van der Waals surface area contributed by atoms with Gasteiger partial charge in [0, 0.05) is 19.6 Å². The van der Waals surface area contributed by atoms with E-state index in [1.807, 2.05) is 17.0 Å². The van der Waals surface area contributed by atoms with Crippen LogP contribution in [0.1, 0.15) is 23.1 Å². The lowest BCUT2D eigenvalue weighted by Crippen LogP contribution is -2.37. The Labute approximate surface area is 163 Å². The van der Waals surface area contributed by atoms with Gasteiger partial charge in [0.05, 0.1) is 31.7 Å². The first-order valence-corrected chi connectivity index (χ1v) is 8.79. The first kappa shape index (κ1) is 21.1. The lowest BCUT2D eigenvalue weighted by Gasteiger charge is -2.22. The molecule has 7 heteroatoms. The number of esters is 1. The highest BCUT2D eigenvalue weighted by molar-refractivity contribution is 5.78. The van der Waals surface area contributed by atoms with Gasteiger partial charge in [0.15, 0.2) is 0 Å². The Balaban J connectivity index is 2.03. The Morgan fingerprint density at radius 3 is 2.50 bits per heavy atom. The van der Waals surface area contributed by atoms with Crippen molar-refractivity contribution in [2.75, 3.05) is 20.2 Å². The van der Waals surface area contributed by atoms with E-state index in [4.69, 9.17) is 5.26 Å². The fourth-order valence-electron chi connectivity index (χ4n) is 2.67.